The second-order valence-corrected chi connectivity index (χ2v) is 4.54. The van der Waals surface area contributed by atoms with Crippen molar-refractivity contribution in [3.63, 3.8) is 0 Å². The van der Waals surface area contributed by atoms with E-state index in [0.717, 1.165) is 23.6 Å². The molecule has 4 heteroatoms. The number of aromatic nitrogens is 2. The maximum Gasteiger partial charge on any atom is 0.0299 e. The molecule has 0 unspecified atom stereocenters. The van der Waals surface area contributed by atoms with Crippen LogP contribution in [0.1, 0.15) is 11.1 Å². The monoisotopic (exact) mass is 337 g/mol. The largest absolute Gasteiger partial charge is 0.482 e. The molecule has 2 aromatic heterocycles. The van der Waals surface area contributed by atoms with Crippen LogP contribution in [0.3, 0.4) is 0 Å². The van der Waals surface area contributed by atoms with Crippen molar-refractivity contribution in [1.82, 2.24) is 9.97 Å². The summed E-state index contributed by atoms with van der Waals surface area (Å²) >= 11 is 0. The molecule has 0 amide bonds. The van der Waals surface area contributed by atoms with Gasteiger partial charge in [-0.2, -0.15) is 0 Å². The third-order valence-corrected chi connectivity index (χ3v) is 3.28. The molecule has 3 nitrogen and oxygen atoms in total. The molecule has 0 fully saturated rings. The predicted molar refractivity (Wildman–Crippen MR) is 77.4 cm³/mol. The van der Waals surface area contributed by atoms with E-state index in [0.29, 0.717) is 5.82 Å². The van der Waals surface area contributed by atoms with Crippen LogP contribution in [0.15, 0.2) is 55.0 Å². The standard InChI is InChI=1S/C16H14N3.Y/c17-16-15-6-2-1-5-14(15)13(11-19-16)8-7-12-4-3-9-18-10-12;/h1-6,9-11H,7-8H2,(H-,17,19);/q-1;. The van der Waals surface area contributed by atoms with Gasteiger partial charge in [0.2, 0.25) is 0 Å². The van der Waals surface area contributed by atoms with Gasteiger partial charge in [0.25, 0.3) is 0 Å². The molecule has 2 heterocycles. The van der Waals surface area contributed by atoms with Crippen molar-refractivity contribution in [3.05, 3.63) is 71.8 Å². The van der Waals surface area contributed by atoms with E-state index in [4.69, 9.17) is 5.73 Å². The van der Waals surface area contributed by atoms with Crippen LogP contribution in [0, 0.1) is 0 Å². The summed E-state index contributed by atoms with van der Waals surface area (Å²) in [4.78, 5) is 8.30. The first kappa shape index (κ1) is 15.1. The summed E-state index contributed by atoms with van der Waals surface area (Å²) in [6.45, 7) is 0. The van der Waals surface area contributed by atoms with Crippen LogP contribution >= 0.6 is 0 Å². The van der Waals surface area contributed by atoms with E-state index in [-0.39, 0.29) is 32.7 Å². The fourth-order valence-corrected chi connectivity index (χ4v) is 2.28. The maximum atomic E-state index is 7.84. The number of fused-ring (bicyclic) bond motifs is 1. The van der Waals surface area contributed by atoms with Crippen molar-refractivity contribution in [2.24, 2.45) is 0 Å². The Labute approximate surface area is 143 Å². The number of nitrogens with one attached hydrogen (secondary N) is 1. The van der Waals surface area contributed by atoms with E-state index in [1.807, 2.05) is 36.7 Å². The fraction of sp³-hybridized carbons (Fsp3) is 0.125. The molecule has 97 valence electrons. The van der Waals surface area contributed by atoms with Gasteiger partial charge in [-0.1, -0.05) is 42.3 Å². The van der Waals surface area contributed by atoms with Crippen molar-refractivity contribution < 1.29 is 32.7 Å². The molecular weight excluding hydrogens is 323 g/mol. The molecule has 3 aromatic rings. The number of nitrogens with zero attached hydrogens (tertiary/aromatic N) is 2. The van der Waals surface area contributed by atoms with Gasteiger partial charge in [-0.25, -0.2) is 0 Å². The van der Waals surface area contributed by atoms with Gasteiger partial charge in [-0.15, -0.1) is 0 Å². The maximum absolute atomic E-state index is 7.84. The van der Waals surface area contributed by atoms with Crippen LogP contribution in [-0.2, 0) is 45.6 Å². The summed E-state index contributed by atoms with van der Waals surface area (Å²) in [6, 6.07) is 12.0. The van der Waals surface area contributed by atoms with Crippen molar-refractivity contribution in [2.75, 3.05) is 0 Å². The Bertz CT molecular complexity index is 698. The molecular formula is C16H14N3Y-. The first-order chi connectivity index (χ1) is 9.34. The molecule has 0 atom stereocenters. The van der Waals surface area contributed by atoms with E-state index in [9.17, 15) is 0 Å². The summed E-state index contributed by atoms with van der Waals surface area (Å²) in [5, 5.41) is 2.05. The van der Waals surface area contributed by atoms with Crippen molar-refractivity contribution >= 4 is 16.6 Å². The van der Waals surface area contributed by atoms with E-state index >= 15 is 0 Å². The third-order valence-electron chi connectivity index (χ3n) is 3.28. The molecule has 1 N–H and O–H groups in total. The van der Waals surface area contributed by atoms with Crippen LogP contribution in [0.5, 0.6) is 0 Å². The number of hydrogen-bond donors (Lipinski definition) is 0. The number of pyridine rings is 2. The van der Waals surface area contributed by atoms with E-state index < -0.39 is 0 Å². The van der Waals surface area contributed by atoms with Gasteiger partial charge in [0.1, 0.15) is 0 Å². The van der Waals surface area contributed by atoms with Gasteiger partial charge < -0.3 is 10.7 Å². The normalized spacial score (nSPS) is 10.2. The quantitative estimate of drug-likeness (QED) is 0.723. The van der Waals surface area contributed by atoms with Crippen LogP contribution in [0.4, 0.5) is 5.82 Å². The Balaban J connectivity index is 0.00000147. The molecule has 0 spiro atoms. The average molecular weight is 337 g/mol. The zero-order valence-corrected chi connectivity index (χ0v) is 13.9. The Morgan fingerprint density at radius 2 is 1.70 bits per heavy atom. The van der Waals surface area contributed by atoms with Crippen LogP contribution in [0.25, 0.3) is 16.5 Å². The van der Waals surface area contributed by atoms with Crippen molar-refractivity contribution in [1.29, 1.82) is 0 Å². The van der Waals surface area contributed by atoms with Crippen LogP contribution in [-0.4, -0.2) is 9.97 Å². The van der Waals surface area contributed by atoms with Gasteiger partial charge in [-0.05, 0) is 40.8 Å². The van der Waals surface area contributed by atoms with Gasteiger partial charge in [0, 0.05) is 45.1 Å². The molecule has 0 aliphatic heterocycles. The minimum atomic E-state index is 0. The second-order valence-electron chi connectivity index (χ2n) is 4.54. The molecule has 1 radical (unpaired) electrons. The van der Waals surface area contributed by atoms with Gasteiger partial charge >= 0.3 is 0 Å². The topological polar surface area (TPSA) is 49.6 Å². The van der Waals surface area contributed by atoms with E-state index in [1.165, 1.54) is 11.1 Å². The van der Waals surface area contributed by atoms with Gasteiger partial charge in [0.05, 0.1) is 0 Å². The number of benzene rings is 1. The van der Waals surface area contributed by atoms with Crippen LogP contribution < -0.4 is 0 Å². The molecule has 0 saturated carbocycles. The Morgan fingerprint density at radius 1 is 0.900 bits per heavy atom. The van der Waals surface area contributed by atoms with Gasteiger partial charge in [-0.3, -0.25) is 4.98 Å². The van der Waals surface area contributed by atoms with E-state index in [1.54, 1.807) is 6.20 Å². The minimum Gasteiger partial charge on any atom is -0.482 e. The fourth-order valence-electron chi connectivity index (χ4n) is 2.28. The first-order valence-corrected chi connectivity index (χ1v) is 6.32. The Morgan fingerprint density at radius 3 is 2.45 bits per heavy atom. The summed E-state index contributed by atoms with van der Waals surface area (Å²) in [7, 11) is 0. The molecule has 0 aliphatic carbocycles. The molecule has 0 aliphatic rings. The summed E-state index contributed by atoms with van der Waals surface area (Å²) < 4.78 is 0. The Kier molecular flexibility index (Phi) is 5.21. The molecule has 0 bridgehead atoms. The van der Waals surface area contributed by atoms with E-state index in [2.05, 4.69) is 22.1 Å². The van der Waals surface area contributed by atoms with Crippen molar-refractivity contribution in [2.45, 2.75) is 12.8 Å². The second kappa shape index (κ2) is 6.91. The molecule has 20 heavy (non-hydrogen) atoms. The van der Waals surface area contributed by atoms with Crippen LogP contribution in [0.2, 0.25) is 0 Å². The number of rotatable bonds is 3. The zero-order chi connectivity index (χ0) is 13.1. The minimum absolute atomic E-state index is 0. The zero-order valence-electron chi connectivity index (χ0n) is 11.1. The number of hydrogen-bond acceptors (Lipinski definition) is 2. The Hall–Kier alpha value is -1.32. The average Bonchev–Trinajstić information content (AvgIpc) is 2.48. The number of aryl methyl sites for hydroxylation is 2. The van der Waals surface area contributed by atoms with Crippen molar-refractivity contribution in [3.8, 4) is 0 Å². The third kappa shape index (κ3) is 3.22. The summed E-state index contributed by atoms with van der Waals surface area (Å²) in [5.41, 5.74) is 10.2. The molecule has 3 rings (SSSR count). The smallest absolute Gasteiger partial charge is 0.0299 e. The molecule has 0 saturated heterocycles. The first-order valence-electron chi connectivity index (χ1n) is 6.32. The SMILES string of the molecule is [NH-]c1ncc(CCc2cccnc2)c2ccccc12.[Y]. The summed E-state index contributed by atoms with van der Waals surface area (Å²) in [6.07, 6.45) is 7.36. The summed E-state index contributed by atoms with van der Waals surface area (Å²) in [5.74, 6) is 0.348. The van der Waals surface area contributed by atoms with Gasteiger partial charge in [0.15, 0.2) is 0 Å². The predicted octanol–water partition coefficient (Wildman–Crippen LogP) is 4.10. The molecule has 1 aromatic carbocycles.